The molecule has 0 aromatic heterocycles. The number of hydrogen-bond donors (Lipinski definition) is 0. The quantitative estimate of drug-likeness (QED) is 0.459. The molecule has 0 N–H and O–H groups in total. The minimum absolute atomic E-state index is 0.230. The second kappa shape index (κ2) is 6.95. The van der Waals surface area contributed by atoms with Crippen molar-refractivity contribution in [1.82, 2.24) is 0 Å². The third-order valence-electron chi connectivity index (χ3n) is 2.79. The monoisotopic (exact) mass is 368 g/mol. The lowest BCUT2D eigenvalue weighted by Crippen LogP contribution is -2.02. The van der Waals surface area contributed by atoms with E-state index in [9.17, 15) is 17.2 Å². The maximum atomic E-state index is 13.5. The zero-order chi connectivity index (χ0) is 17.0. The van der Waals surface area contributed by atoms with Crippen molar-refractivity contribution in [2.24, 2.45) is 9.98 Å². The van der Waals surface area contributed by atoms with Crippen molar-refractivity contribution < 1.29 is 17.2 Å². The van der Waals surface area contributed by atoms with E-state index in [1.165, 1.54) is 0 Å². The van der Waals surface area contributed by atoms with Gasteiger partial charge in [-0.1, -0.05) is 0 Å². The van der Waals surface area contributed by atoms with Gasteiger partial charge in [0.1, 0.15) is 23.0 Å². The Hall–Kier alpha value is -2.15. The van der Waals surface area contributed by atoms with Crippen LogP contribution in [0.2, 0.25) is 0 Å². The summed E-state index contributed by atoms with van der Waals surface area (Å²) in [6.45, 7) is 0. The Morgan fingerprint density at radius 1 is 0.826 bits per heavy atom. The van der Waals surface area contributed by atoms with Crippen LogP contribution in [-0.4, -0.2) is 18.7 Å². The predicted molar refractivity (Wildman–Crippen MR) is 87.6 cm³/mol. The fourth-order valence-electron chi connectivity index (χ4n) is 1.73. The number of hydrogen-bond acceptors (Lipinski definition) is 6. The molecule has 0 heterocycles. The minimum Gasteiger partial charge on any atom is -0.219 e. The van der Waals surface area contributed by atoms with E-state index in [-0.39, 0.29) is 21.2 Å². The summed E-state index contributed by atoms with van der Waals surface area (Å²) in [7, 11) is -4.03. The van der Waals surface area contributed by atoms with Gasteiger partial charge in [0.25, 0.3) is 0 Å². The normalized spacial score (nSPS) is 10.5. The van der Waals surface area contributed by atoms with Crippen molar-refractivity contribution in [2.45, 2.75) is 9.79 Å². The molecule has 116 valence electrons. The van der Waals surface area contributed by atoms with Crippen molar-refractivity contribution in [3.05, 3.63) is 48.0 Å². The zero-order valence-corrected chi connectivity index (χ0v) is 13.6. The molecule has 0 fully saturated rings. The van der Waals surface area contributed by atoms with Crippen molar-refractivity contribution in [2.75, 3.05) is 0 Å². The highest BCUT2D eigenvalue weighted by Crippen LogP contribution is 2.29. The molecule has 0 unspecified atom stereocenters. The molecule has 9 heteroatoms. The van der Waals surface area contributed by atoms with Gasteiger partial charge in [-0.3, -0.25) is 0 Å². The molecule has 0 atom stereocenters. The molecule has 0 radical (unpaired) electrons. The van der Waals surface area contributed by atoms with E-state index in [2.05, 4.69) is 34.4 Å². The van der Waals surface area contributed by atoms with Crippen LogP contribution in [0.5, 0.6) is 0 Å². The van der Waals surface area contributed by atoms with E-state index < -0.39 is 21.5 Å². The van der Waals surface area contributed by atoms with Gasteiger partial charge in [0.05, 0.1) is 20.1 Å². The van der Waals surface area contributed by atoms with E-state index >= 15 is 0 Å². The molecule has 0 amide bonds. The van der Waals surface area contributed by atoms with Crippen LogP contribution >= 0.6 is 24.4 Å². The summed E-state index contributed by atoms with van der Waals surface area (Å²) in [6, 6.07) is 6.04. The molecular formula is C14H6F2N2O2S3. The first kappa shape index (κ1) is 17.2. The topological polar surface area (TPSA) is 58.9 Å². The number of sulfone groups is 1. The Labute approximate surface area is 141 Å². The van der Waals surface area contributed by atoms with Crippen LogP contribution in [0, 0.1) is 11.6 Å². The molecular weight excluding hydrogens is 362 g/mol. The summed E-state index contributed by atoms with van der Waals surface area (Å²) >= 11 is 8.76. The molecule has 0 aliphatic carbocycles. The van der Waals surface area contributed by atoms with E-state index in [4.69, 9.17) is 0 Å². The lowest BCUT2D eigenvalue weighted by atomic mass is 10.3. The first-order valence-corrected chi connectivity index (χ1v) is 8.20. The van der Waals surface area contributed by atoms with Crippen molar-refractivity contribution in [3.63, 3.8) is 0 Å². The second-order valence-corrected chi connectivity index (χ2v) is 6.45. The molecule has 0 saturated heterocycles. The summed E-state index contributed by atoms with van der Waals surface area (Å²) in [5, 5.41) is 3.93. The van der Waals surface area contributed by atoms with Crippen LogP contribution < -0.4 is 0 Å². The van der Waals surface area contributed by atoms with Crippen LogP contribution in [0.4, 0.5) is 20.2 Å². The van der Waals surface area contributed by atoms with Crippen LogP contribution in [0.3, 0.4) is 0 Å². The van der Waals surface area contributed by atoms with Gasteiger partial charge in [0, 0.05) is 0 Å². The molecule has 4 nitrogen and oxygen atoms in total. The summed E-state index contributed by atoms with van der Waals surface area (Å²) in [6.07, 6.45) is 0. The Balaban J connectivity index is 2.63. The Morgan fingerprint density at radius 2 is 1.22 bits per heavy atom. The number of aliphatic imine (C=N–C) groups is 2. The van der Waals surface area contributed by atoms with Crippen molar-refractivity contribution in [3.8, 4) is 0 Å². The first-order valence-electron chi connectivity index (χ1n) is 5.90. The molecule has 0 spiro atoms. The van der Waals surface area contributed by atoms with Gasteiger partial charge in [-0.15, -0.1) is 0 Å². The number of rotatable bonds is 4. The highest BCUT2D eigenvalue weighted by atomic mass is 32.2. The average molecular weight is 368 g/mol. The Morgan fingerprint density at radius 3 is 1.57 bits per heavy atom. The van der Waals surface area contributed by atoms with Crippen molar-refractivity contribution in [1.29, 1.82) is 0 Å². The van der Waals surface area contributed by atoms with E-state index in [0.29, 0.717) is 0 Å². The van der Waals surface area contributed by atoms with E-state index in [1.807, 2.05) is 10.3 Å². The average Bonchev–Trinajstić information content (AvgIpc) is 2.51. The smallest absolute Gasteiger partial charge is 0.206 e. The number of thiocarbonyl (C=S) groups is 2. The lowest BCUT2D eigenvalue weighted by molar-refractivity contribution is 0.594. The summed E-state index contributed by atoms with van der Waals surface area (Å²) in [5.41, 5.74) is -0.527. The molecule has 2 rings (SSSR count). The highest BCUT2D eigenvalue weighted by molar-refractivity contribution is 7.91. The molecule has 0 aliphatic heterocycles. The van der Waals surface area contributed by atoms with E-state index in [0.717, 1.165) is 36.4 Å². The fourth-order valence-corrected chi connectivity index (χ4v) is 3.22. The third-order valence-corrected chi connectivity index (χ3v) is 4.72. The minimum atomic E-state index is -4.03. The number of halogens is 2. The fraction of sp³-hybridized carbons (Fsp3) is 0. The molecule has 2 aromatic rings. The second-order valence-electron chi connectivity index (χ2n) is 4.14. The lowest BCUT2D eigenvalue weighted by Gasteiger charge is -2.07. The predicted octanol–water partition coefficient (Wildman–Crippen LogP) is 4.27. The SMILES string of the molecule is O=S(=O)(c1ccc(F)c(N=C=S)c1)c1ccc(F)c(N=C=S)c1. The van der Waals surface area contributed by atoms with Gasteiger partial charge < -0.3 is 0 Å². The van der Waals surface area contributed by atoms with Crippen LogP contribution in [-0.2, 0) is 9.84 Å². The van der Waals surface area contributed by atoms with Gasteiger partial charge in [-0.2, -0.15) is 9.98 Å². The van der Waals surface area contributed by atoms with Gasteiger partial charge in [0.15, 0.2) is 0 Å². The standard InChI is InChI=1S/C14H6F2N2O2S3/c15-11-3-1-9(5-13(11)17-7-21)23(19,20)10-2-4-12(16)14(6-10)18-8-22/h1-6H. The summed E-state index contributed by atoms with van der Waals surface area (Å²) in [5.74, 6) is -1.49. The van der Waals surface area contributed by atoms with Crippen LogP contribution in [0.25, 0.3) is 0 Å². The number of nitrogens with zero attached hydrogens (tertiary/aromatic N) is 2. The van der Waals surface area contributed by atoms with Gasteiger partial charge in [-0.25, -0.2) is 17.2 Å². The molecule has 0 aliphatic rings. The van der Waals surface area contributed by atoms with Crippen LogP contribution in [0.1, 0.15) is 0 Å². The largest absolute Gasteiger partial charge is 0.219 e. The summed E-state index contributed by atoms with van der Waals surface area (Å²) < 4.78 is 52.1. The Kier molecular flexibility index (Phi) is 5.20. The molecule has 2 aromatic carbocycles. The summed E-state index contributed by atoms with van der Waals surface area (Å²) in [4.78, 5) is 6.46. The van der Waals surface area contributed by atoms with E-state index in [1.54, 1.807) is 0 Å². The zero-order valence-electron chi connectivity index (χ0n) is 11.2. The van der Waals surface area contributed by atoms with Crippen LogP contribution in [0.15, 0.2) is 56.2 Å². The molecule has 0 bridgehead atoms. The third kappa shape index (κ3) is 3.61. The highest BCUT2D eigenvalue weighted by Gasteiger charge is 2.20. The molecule has 0 saturated carbocycles. The molecule has 23 heavy (non-hydrogen) atoms. The maximum absolute atomic E-state index is 13.5. The van der Waals surface area contributed by atoms with Crippen molar-refractivity contribution >= 4 is 56.0 Å². The Bertz CT molecular complexity index is 904. The maximum Gasteiger partial charge on any atom is 0.206 e. The number of isothiocyanates is 2. The first-order chi connectivity index (χ1) is 10.9. The van der Waals surface area contributed by atoms with Gasteiger partial charge >= 0.3 is 0 Å². The van der Waals surface area contributed by atoms with Gasteiger partial charge in [-0.05, 0) is 60.8 Å². The van der Waals surface area contributed by atoms with Gasteiger partial charge in [0.2, 0.25) is 9.84 Å². The number of benzene rings is 2.